The summed E-state index contributed by atoms with van der Waals surface area (Å²) >= 11 is 0. The second kappa shape index (κ2) is 9.77. The van der Waals surface area contributed by atoms with Crippen LogP contribution in [0.2, 0.25) is 0 Å². The molecule has 9 nitrogen and oxygen atoms in total. The van der Waals surface area contributed by atoms with E-state index in [4.69, 9.17) is 4.74 Å². The minimum atomic E-state index is -1.50. The Morgan fingerprint density at radius 3 is 2.83 bits per heavy atom. The minimum absolute atomic E-state index is 0.0494. The minimum Gasteiger partial charge on any atom is -0.435 e. The number of halogens is 2. The first-order valence-corrected chi connectivity index (χ1v) is 11.3. The van der Waals surface area contributed by atoms with Gasteiger partial charge in [-0.2, -0.15) is 5.26 Å². The predicted molar refractivity (Wildman–Crippen MR) is 125 cm³/mol. The normalized spacial score (nSPS) is 22.0. The monoisotopic (exact) mass is 478 g/mol. The Hall–Kier alpha value is -3.88. The molecule has 3 N–H and O–H groups in total. The summed E-state index contributed by atoms with van der Waals surface area (Å²) in [6.45, 7) is 6.45. The lowest BCUT2D eigenvalue weighted by Gasteiger charge is -2.27. The highest BCUT2D eigenvalue weighted by Gasteiger charge is 2.36. The number of alkyl halides is 1. The summed E-state index contributed by atoms with van der Waals surface area (Å²) < 4.78 is 35.2. The van der Waals surface area contributed by atoms with Gasteiger partial charge in [0.05, 0.1) is 6.04 Å². The summed E-state index contributed by atoms with van der Waals surface area (Å²) in [6, 6.07) is 4.95. The van der Waals surface area contributed by atoms with Crippen molar-refractivity contribution in [3.8, 4) is 11.9 Å². The van der Waals surface area contributed by atoms with E-state index < -0.39 is 18.0 Å². The Morgan fingerprint density at radius 1 is 1.26 bits per heavy atom. The first-order chi connectivity index (χ1) is 17.0. The van der Waals surface area contributed by atoms with Crippen molar-refractivity contribution in [3.05, 3.63) is 70.8 Å². The number of nitrogens with zero attached hydrogens (tertiary/aromatic N) is 5. The summed E-state index contributed by atoms with van der Waals surface area (Å²) in [7, 11) is 0. The van der Waals surface area contributed by atoms with Gasteiger partial charge in [0.2, 0.25) is 5.88 Å². The first-order valence-electron chi connectivity index (χ1n) is 11.3. The van der Waals surface area contributed by atoms with E-state index in [1.54, 1.807) is 25.3 Å². The van der Waals surface area contributed by atoms with Crippen LogP contribution in [0.15, 0.2) is 59.7 Å². The van der Waals surface area contributed by atoms with Crippen LogP contribution in [0.1, 0.15) is 18.1 Å². The Balaban J connectivity index is 1.33. The molecule has 4 heterocycles. The molecule has 0 spiro atoms. The fourth-order valence-electron chi connectivity index (χ4n) is 4.26. The van der Waals surface area contributed by atoms with Crippen molar-refractivity contribution < 1.29 is 13.5 Å². The standard InChI is InChI=1S/C24H24F2N8O/c1-14-8-16-21(26)19(9-18(25)22(16)32-14)35-24-17(10-27)23(30-13-31-24)33-20-3-2-15(11-29-20)12-34-6-4-28-5-7-34/h2-3,8-9,11,13,18,22,28,32H,4-7,12H2,1H3,(H,29,30,31,33). The lowest BCUT2D eigenvalue weighted by atomic mass is 9.97. The van der Waals surface area contributed by atoms with Crippen LogP contribution < -0.4 is 20.7 Å². The molecule has 0 saturated carbocycles. The first kappa shape index (κ1) is 22.9. The Bertz CT molecular complexity index is 1250. The number of nitrogens with one attached hydrogen (secondary N) is 3. The number of hydrogen-bond donors (Lipinski definition) is 3. The van der Waals surface area contributed by atoms with Crippen LogP contribution in [0.5, 0.6) is 5.88 Å². The average molecular weight is 479 g/mol. The van der Waals surface area contributed by atoms with E-state index in [0.29, 0.717) is 11.5 Å². The molecule has 11 heteroatoms. The maximum absolute atomic E-state index is 15.0. The maximum atomic E-state index is 15.0. The third-order valence-electron chi connectivity index (χ3n) is 6.01. The largest absolute Gasteiger partial charge is 0.435 e. The van der Waals surface area contributed by atoms with E-state index in [2.05, 4.69) is 35.8 Å². The van der Waals surface area contributed by atoms with Gasteiger partial charge >= 0.3 is 0 Å². The molecule has 1 aliphatic carbocycles. The topological polar surface area (TPSA) is 111 Å². The van der Waals surface area contributed by atoms with Crippen LogP contribution in [0.25, 0.3) is 0 Å². The molecule has 0 bridgehead atoms. The molecule has 1 fully saturated rings. The van der Waals surface area contributed by atoms with Crippen molar-refractivity contribution in [2.45, 2.75) is 25.7 Å². The smallest absolute Gasteiger partial charge is 0.242 e. The van der Waals surface area contributed by atoms with Crippen LogP contribution in [-0.4, -0.2) is 58.2 Å². The van der Waals surface area contributed by atoms with Gasteiger partial charge in [0.15, 0.2) is 23.0 Å². The molecule has 2 aromatic heterocycles. The second-order valence-electron chi connectivity index (χ2n) is 8.51. The molecule has 0 aromatic carbocycles. The molecule has 2 aromatic rings. The van der Waals surface area contributed by atoms with Gasteiger partial charge in [-0.25, -0.2) is 23.7 Å². The molecule has 1 saturated heterocycles. The fraction of sp³-hybridized carbons (Fsp3) is 0.333. The number of pyridine rings is 1. The Kier molecular flexibility index (Phi) is 6.39. The van der Waals surface area contributed by atoms with Gasteiger partial charge in [-0.3, -0.25) is 4.90 Å². The molecule has 35 heavy (non-hydrogen) atoms. The summed E-state index contributed by atoms with van der Waals surface area (Å²) in [5.74, 6) is -0.582. The summed E-state index contributed by atoms with van der Waals surface area (Å²) in [4.78, 5) is 14.9. The number of allylic oxidation sites excluding steroid dienone is 2. The van der Waals surface area contributed by atoms with E-state index >= 15 is 4.39 Å². The molecular formula is C24H24F2N8O. The quantitative estimate of drug-likeness (QED) is 0.577. The number of fused-ring (bicyclic) bond motifs is 1. The van der Waals surface area contributed by atoms with Crippen LogP contribution in [-0.2, 0) is 6.54 Å². The molecule has 180 valence electrons. The fourth-order valence-corrected chi connectivity index (χ4v) is 4.26. The molecule has 2 unspecified atom stereocenters. The highest BCUT2D eigenvalue weighted by molar-refractivity contribution is 5.63. The van der Waals surface area contributed by atoms with Crippen molar-refractivity contribution in [3.63, 3.8) is 0 Å². The number of rotatable bonds is 6. The number of aromatic nitrogens is 3. The SMILES string of the molecule is CC1=CC2=C(F)C(Oc3ncnc(Nc4ccc(CN5CCNCC5)cn4)c3C#N)=CC(F)C2N1. The van der Waals surface area contributed by atoms with Gasteiger partial charge in [-0.15, -0.1) is 0 Å². The number of nitriles is 1. The average Bonchev–Trinajstić information content (AvgIpc) is 3.27. The van der Waals surface area contributed by atoms with Gasteiger partial charge < -0.3 is 20.7 Å². The molecule has 2 aliphatic heterocycles. The lowest BCUT2D eigenvalue weighted by Crippen LogP contribution is -2.42. The highest BCUT2D eigenvalue weighted by Crippen LogP contribution is 2.35. The lowest BCUT2D eigenvalue weighted by molar-refractivity contribution is 0.233. The van der Waals surface area contributed by atoms with Gasteiger partial charge in [-0.05, 0) is 30.7 Å². The maximum Gasteiger partial charge on any atom is 0.242 e. The van der Waals surface area contributed by atoms with Crippen molar-refractivity contribution in [1.82, 2.24) is 30.5 Å². The molecule has 0 radical (unpaired) electrons. The van der Waals surface area contributed by atoms with E-state index in [-0.39, 0.29) is 28.6 Å². The number of hydrogen-bond acceptors (Lipinski definition) is 9. The molecular weight excluding hydrogens is 454 g/mol. The molecule has 5 rings (SSSR count). The Morgan fingerprint density at radius 2 is 2.09 bits per heavy atom. The number of ether oxygens (including phenoxy) is 1. The summed E-state index contributed by atoms with van der Waals surface area (Å²) in [5, 5.41) is 18.9. The van der Waals surface area contributed by atoms with Gasteiger partial charge in [0.1, 0.15) is 24.4 Å². The van der Waals surface area contributed by atoms with Crippen molar-refractivity contribution in [1.29, 1.82) is 5.26 Å². The summed E-state index contributed by atoms with van der Waals surface area (Å²) in [6.07, 6.45) is 4.04. The van der Waals surface area contributed by atoms with Gasteiger partial charge in [0, 0.05) is 50.2 Å². The van der Waals surface area contributed by atoms with Gasteiger partial charge in [0.25, 0.3) is 0 Å². The molecule has 2 atom stereocenters. The summed E-state index contributed by atoms with van der Waals surface area (Å²) in [5.41, 5.74) is 1.85. The van der Waals surface area contributed by atoms with Crippen molar-refractivity contribution in [2.75, 3.05) is 31.5 Å². The van der Waals surface area contributed by atoms with E-state index in [1.165, 1.54) is 6.33 Å². The van der Waals surface area contributed by atoms with Crippen LogP contribution in [0.3, 0.4) is 0 Å². The van der Waals surface area contributed by atoms with Crippen molar-refractivity contribution >= 4 is 11.6 Å². The van der Waals surface area contributed by atoms with Crippen LogP contribution in [0.4, 0.5) is 20.4 Å². The Labute approximate surface area is 201 Å². The van der Waals surface area contributed by atoms with Crippen LogP contribution >= 0.6 is 0 Å². The zero-order valence-electron chi connectivity index (χ0n) is 19.1. The molecule has 3 aliphatic rings. The van der Waals surface area contributed by atoms with Gasteiger partial charge in [-0.1, -0.05) is 6.07 Å². The number of piperazine rings is 1. The second-order valence-corrected chi connectivity index (χ2v) is 8.51. The third-order valence-corrected chi connectivity index (χ3v) is 6.01. The van der Waals surface area contributed by atoms with E-state index in [9.17, 15) is 9.65 Å². The zero-order chi connectivity index (χ0) is 24.4. The van der Waals surface area contributed by atoms with Crippen LogP contribution in [0, 0.1) is 11.3 Å². The van der Waals surface area contributed by atoms with Crippen molar-refractivity contribution in [2.24, 2.45) is 0 Å². The third kappa shape index (κ3) is 4.84. The highest BCUT2D eigenvalue weighted by atomic mass is 19.1. The zero-order valence-corrected chi connectivity index (χ0v) is 19.1. The van der Waals surface area contributed by atoms with E-state index in [0.717, 1.165) is 44.4 Å². The molecule has 0 amide bonds. The predicted octanol–water partition coefficient (Wildman–Crippen LogP) is 2.61. The number of anilines is 2. The van der Waals surface area contributed by atoms with E-state index in [1.807, 2.05) is 12.1 Å².